The summed E-state index contributed by atoms with van der Waals surface area (Å²) < 4.78 is 13.0. The highest BCUT2D eigenvalue weighted by Crippen LogP contribution is 2.35. The highest BCUT2D eigenvalue weighted by molar-refractivity contribution is 5.83. The lowest BCUT2D eigenvalue weighted by Gasteiger charge is -2.00. The number of rotatable bonds is 4. The van der Waals surface area contributed by atoms with Crippen molar-refractivity contribution in [2.24, 2.45) is 11.8 Å². The maximum Gasteiger partial charge on any atom is 0.217 e. The zero-order chi connectivity index (χ0) is 21.8. The first kappa shape index (κ1) is 24.0. The van der Waals surface area contributed by atoms with Crippen LogP contribution in [0.2, 0.25) is 0 Å². The van der Waals surface area contributed by atoms with E-state index in [4.69, 9.17) is 5.26 Å². The summed E-state index contributed by atoms with van der Waals surface area (Å²) in [5.41, 5.74) is 1.51. The summed E-state index contributed by atoms with van der Waals surface area (Å²) in [5.74, 6) is 1.37. The van der Waals surface area contributed by atoms with Crippen LogP contribution in [-0.2, 0) is 9.59 Å². The number of nitriles is 1. The van der Waals surface area contributed by atoms with Crippen LogP contribution >= 0.6 is 0 Å². The van der Waals surface area contributed by atoms with Crippen LogP contribution in [0.1, 0.15) is 46.1 Å². The molecule has 0 unspecified atom stereocenters. The standard InChI is InChI=1S/C12H7FN2.C6H12.C5H9NO2/c13-11-5-4-9(7-10(11)8-14)12-3-1-2-6-15-12;1-5(2)6-3-4-6;1-4(7)3-6-5(2)8/h1-7H;5-6H,3-4H2,1-2H3;3H2,1-2H3,(H,6,8). The summed E-state index contributed by atoms with van der Waals surface area (Å²) in [6.07, 6.45) is 4.65. The van der Waals surface area contributed by atoms with E-state index >= 15 is 0 Å². The van der Waals surface area contributed by atoms with Crippen LogP contribution in [0, 0.1) is 29.0 Å². The number of carbonyl (C=O) groups is 2. The number of ketones is 1. The molecule has 0 bridgehead atoms. The van der Waals surface area contributed by atoms with Gasteiger partial charge in [-0.25, -0.2) is 4.39 Å². The van der Waals surface area contributed by atoms with Crippen molar-refractivity contribution >= 4 is 11.7 Å². The number of amides is 1. The molecule has 1 amide bonds. The number of nitrogens with one attached hydrogen (secondary N) is 1. The van der Waals surface area contributed by atoms with Crippen molar-refractivity contribution in [2.75, 3.05) is 6.54 Å². The van der Waals surface area contributed by atoms with E-state index in [9.17, 15) is 14.0 Å². The first-order chi connectivity index (χ1) is 13.7. The Balaban J connectivity index is 0.000000252. The molecule has 0 radical (unpaired) electrons. The van der Waals surface area contributed by atoms with Crippen LogP contribution in [-0.4, -0.2) is 23.2 Å². The molecule has 1 fully saturated rings. The molecule has 0 aliphatic heterocycles. The molecule has 3 rings (SSSR count). The van der Waals surface area contributed by atoms with Crippen LogP contribution in [0.15, 0.2) is 42.6 Å². The van der Waals surface area contributed by atoms with E-state index in [-0.39, 0.29) is 23.8 Å². The topological polar surface area (TPSA) is 82.9 Å². The number of aromatic nitrogens is 1. The number of hydrogen-bond acceptors (Lipinski definition) is 4. The van der Waals surface area contributed by atoms with Crippen LogP contribution in [0.5, 0.6) is 0 Å². The molecule has 29 heavy (non-hydrogen) atoms. The first-order valence-electron chi connectivity index (χ1n) is 9.59. The Kier molecular flexibility index (Phi) is 10.2. The summed E-state index contributed by atoms with van der Waals surface area (Å²) in [4.78, 5) is 24.3. The van der Waals surface area contributed by atoms with E-state index < -0.39 is 5.82 Å². The van der Waals surface area contributed by atoms with E-state index in [2.05, 4.69) is 24.1 Å². The number of halogens is 1. The molecule has 0 spiro atoms. The predicted molar refractivity (Wildman–Crippen MR) is 111 cm³/mol. The second-order valence-corrected chi connectivity index (χ2v) is 7.21. The molecule has 1 saturated carbocycles. The molecule has 0 atom stereocenters. The van der Waals surface area contributed by atoms with Gasteiger partial charge in [-0.05, 0) is 61.9 Å². The second-order valence-electron chi connectivity index (χ2n) is 7.21. The average Bonchev–Trinajstić information content (AvgIpc) is 3.54. The van der Waals surface area contributed by atoms with Crippen LogP contribution in [0.25, 0.3) is 11.3 Å². The van der Waals surface area contributed by atoms with Gasteiger partial charge in [0, 0.05) is 18.7 Å². The fourth-order valence-corrected chi connectivity index (χ4v) is 2.32. The maximum atomic E-state index is 13.0. The van der Waals surface area contributed by atoms with E-state index in [0.29, 0.717) is 0 Å². The molecule has 2 aromatic rings. The zero-order valence-corrected chi connectivity index (χ0v) is 17.4. The largest absolute Gasteiger partial charge is 0.349 e. The molecule has 1 aliphatic carbocycles. The van der Waals surface area contributed by atoms with Crippen molar-refractivity contribution in [3.8, 4) is 17.3 Å². The quantitative estimate of drug-likeness (QED) is 0.822. The SMILES string of the molecule is CC(=O)CNC(C)=O.CC(C)C1CC1.N#Cc1cc(-c2ccccn2)ccc1F. The van der Waals surface area contributed by atoms with Gasteiger partial charge in [0.25, 0.3) is 0 Å². The number of Topliss-reactive ketones (excluding diaryl/α,β-unsaturated/α-hetero) is 1. The van der Waals surface area contributed by atoms with E-state index in [0.717, 1.165) is 23.1 Å². The third-order valence-corrected chi connectivity index (χ3v) is 4.20. The summed E-state index contributed by atoms with van der Waals surface area (Å²) in [6.45, 7) is 7.56. The number of benzene rings is 1. The lowest BCUT2D eigenvalue weighted by atomic mass is 10.1. The van der Waals surface area contributed by atoms with Gasteiger partial charge in [-0.3, -0.25) is 14.6 Å². The summed E-state index contributed by atoms with van der Waals surface area (Å²) in [5, 5.41) is 11.0. The molecule has 154 valence electrons. The third kappa shape index (κ3) is 10.2. The Morgan fingerprint density at radius 3 is 2.31 bits per heavy atom. The highest BCUT2D eigenvalue weighted by Gasteiger charge is 2.23. The van der Waals surface area contributed by atoms with Gasteiger partial charge >= 0.3 is 0 Å². The van der Waals surface area contributed by atoms with Crippen LogP contribution in [0.3, 0.4) is 0 Å². The summed E-state index contributed by atoms with van der Waals surface area (Å²) in [6, 6.07) is 11.7. The highest BCUT2D eigenvalue weighted by atomic mass is 19.1. The predicted octanol–water partition coefficient (Wildman–Crippen LogP) is 4.52. The molecule has 1 heterocycles. The van der Waals surface area contributed by atoms with Gasteiger partial charge in [-0.2, -0.15) is 5.26 Å². The minimum Gasteiger partial charge on any atom is -0.349 e. The van der Waals surface area contributed by atoms with Gasteiger partial charge in [-0.1, -0.05) is 19.9 Å². The fourth-order valence-electron chi connectivity index (χ4n) is 2.32. The summed E-state index contributed by atoms with van der Waals surface area (Å²) >= 11 is 0. The van der Waals surface area contributed by atoms with Crippen molar-refractivity contribution in [3.05, 3.63) is 54.0 Å². The maximum absolute atomic E-state index is 13.0. The smallest absolute Gasteiger partial charge is 0.217 e. The monoisotopic (exact) mass is 397 g/mol. The van der Waals surface area contributed by atoms with Crippen molar-refractivity contribution in [1.29, 1.82) is 5.26 Å². The molecular formula is C23H28FN3O2. The first-order valence-corrected chi connectivity index (χ1v) is 9.59. The Morgan fingerprint density at radius 1 is 1.24 bits per heavy atom. The summed E-state index contributed by atoms with van der Waals surface area (Å²) in [7, 11) is 0. The zero-order valence-electron chi connectivity index (χ0n) is 17.4. The van der Waals surface area contributed by atoms with Crippen LogP contribution < -0.4 is 5.32 Å². The van der Waals surface area contributed by atoms with Gasteiger partial charge in [0.1, 0.15) is 17.7 Å². The molecule has 1 aliphatic rings. The van der Waals surface area contributed by atoms with Gasteiger partial charge in [-0.15, -0.1) is 0 Å². The molecular weight excluding hydrogens is 369 g/mol. The Bertz CT molecular complexity index is 827. The minimum atomic E-state index is -0.503. The molecule has 5 nitrogen and oxygen atoms in total. The van der Waals surface area contributed by atoms with Gasteiger partial charge in [0.05, 0.1) is 17.8 Å². The third-order valence-electron chi connectivity index (χ3n) is 4.20. The molecule has 1 aromatic carbocycles. The molecule has 1 N–H and O–H groups in total. The number of hydrogen-bond donors (Lipinski definition) is 1. The van der Waals surface area contributed by atoms with Crippen molar-refractivity contribution < 1.29 is 14.0 Å². The average molecular weight is 397 g/mol. The van der Waals surface area contributed by atoms with Gasteiger partial charge in [0.2, 0.25) is 5.91 Å². The van der Waals surface area contributed by atoms with Crippen LogP contribution in [0.4, 0.5) is 4.39 Å². The number of pyridine rings is 1. The van der Waals surface area contributed by atoms with E-state index in [1.165, 1.54) is 38.8 Å². The normalized spacial score (nSPS) is 11.9. The number of nitrogens with zero attached hydrogens (tertiary/aromatic N) is 2. The van der Waals surface area contributed by atoms with Gasteiger partial charge < -0.3 is 5.32 Å². The van der Waals surface area contributed by atoms with Crippen molar-refractivity contribution in [2.45, 2.75) is 40.5 Å². The van der Waals surface area contributed by atoms with E-state index in [1.807, 2.05) is 12.1 Å². The second kappa shape index (κ2) is 12.4. The Hall–Kier alpha value is -3.07. The van der Waals surface area contributed by atoms with E-state index in [1.54, 1.807) is 24.4 Å². The fraction of sp³-hybridized carbons (Fsp3) is 0.391. The lowest BCUT2D eigenvalue weighted by molar-refractivity contribution is -0.123. The Morgan fingerprint density at radius 2 is 1.93 bits per heavy atom. The van der Waals surface area contributed by atoms with Crippen molar-refractivity contribution in [3.63, 3.8) is 0 Å². The molecule has 1 aromatic heterocycles. The molecule has 6 heteroatoms. The number of carbonyl (C=O) groups excluding carboxylic acids is 2. The minimum absolute atomic E-state index is 0.0276. The Labute approximate surface area is 172 Å². The van der Waals surface area contributed by atoms with Gasteiger partial charge in [0.15, 0.2) is 0 Å². The lowest BCUT2D eigenvalue weighted by Crippen LogP contribution is -2.25. The molecule has 0 saturated heterocycles. The van der Waals surface area contributed by atoms with Crippen molar-refractivity contribution in [1.82, 2.24) is 10.3 Å².